The molecule has 7 nitrogen and oxygen atoms in total. The molecule has 0 saturated carbocycles. The first-order valence-corrected chi connectivity index (χ1v) is 12.0. The Morgan fingerprint density at radius 2 is 1.72 bits per heavy atom. The highest BCUT2D eigenvalue weighted by atomic mass is 32.1. The number of nitrogens with zero attached hydrogens (tertiary/aromatic N) is 1. The van der Waals surface area contributed by atoms with E-state index in [1.807, 2.05) is 6.07 Å². The predicted molar refractivity (Wildman–Crippen MR) is 137 cm³/mol. The molecule has 36 heavy (non-hydrogen) atoms. The number of methoxy groups -OCH3 is 3. The van der Waals surface area contributed by atoms with Gasteiger partial charge in [0.2, 0.25) is 0 Å². The lowest BCUT2D eigenvalue weighted by atomic mass is 10.1. The molecular formula is C27H25FN2O5S. The Morgan fingerprint density at radius 3 is 2.44 bits per heavy atom. The second kappa shape index (κ2) is 10.7. The number of nitrogens with one attached hydrogen (secondary N) is 1. The van der Waals surface area contributed by atoms with Gasteiger partial charge in [0.05, 0.1) is 26.0 Å². The van der Waals surface area contributed by atoms with Crippen LogP contribution in [0.4, 0.5) is 4.39 Å². The van der Waals surface area contributed by atoms with E-state index in [0.717, 1.165) is 0 Å². The highest BCUT2D eigenvalue weighted by Crippen LogP contribution is 2.38. The first kappa shape index (κ1) is 25.1. The molecule has 1 atom stereocenters. The molecule has 186 valence electrons. The van der Waals surface area contributed by atoms with Crippen LogP contribution in [0.2, 0.25) is 0 Å². The van der Waals surface area contributed by atoms with Crippen LogP contribution in [-0.2, 0) is 0 Å². The van der Waals surface area contributed by atoms with Crippen LogP contribution in [-0.4, -0.2) is 44.0 Å². The van der Waals surface area contributed by atoms with Crippen molar-refractivity contribution in [3.63, 3.8) is 0 Å². The Labute approximate surface area is 211 Å². The van der Waals surface area contributed by atoms with Crippen molar-refractivity contribution in [2.45, 2.75) is 19.4 Å². The zero-order chi connectivity index (χ0) is 25.8. The number of ether oxygens (including phenoxy) is 3. The highest BCUT2D eigenvalue weighted by molar-refractivity contribution is 7.17. The fourth-order valence-corrected chi connectivity index (χ4v) is 4.84. The van der Waals surface area contributed by atoms with E-state index in [-0.39, 0.29) is 29.6 Å². The Morgan fingerprint density at radius 1 is 1.00 bits per heavy atom. The molecule has 1 N–H and O–H groups in total. The summed E-state index contributed by atoms with van der Waals surface area (Å²) < 4.78 is 30.6. The third-order valence-corrected chi connectivity index (χ3v) is 6.69. The van der Waals surface area contributed by atoms with E-state index in [1.165, 1.54) is 38.7 Å². The summed E-state index contributed by atoms with van der Waals surface area (Å²) in [5, 5.41) is 5.34. The minimum Gasteiger partial charge on any atom is -0.494 e. The van der Waals surface area contributed by atoms with Gasteiger partial charge in [-0.1, -0.05) is 12.1 Å². The number of carbonyl (C=O) groups is 2. The molecule has 0 aliphatic rings. The molecule has 4 rings (SSSR count). The van der Waals surface area contributed by atoms with E-state index >= 15 is 0 Å². The van der Waals surface area contributed by atoms with Crippen LogP contribution in [0, 0.1) is 5.82 Å². The third-order valence-electron chi connectivity index (χ3n) is 5.69. The Hall–Kier alpha value is -3.98. The molecule has 9 heteroatoms. The quantitative estimate of drug-likeness (QED) is 0.300. The van der Waals surface area contributed by atoms with Crippen molar-refractivity contribution in [2.24, 2.45) is 0 Å². The van der Waals surface area contributed by atoms with E-state index in [0.29, 0.717) is 44.2 Å². The van der Waals surface area contributed by atoms with Crippen molar-refractivity contribution >= 4 is 33.1 Å². The largest absolute Gasteiger partial charge is 0.494 e. The fourth-order valence-electron chi connectivity index (χ4n) is 3.88. The molecule has 0 aliphatic carbocycles. The SMILES string of the molecule is COc1ccc(C(=O)NC(C)CC(=O)c2ccc(OC)c(-c3csc4c(F)cccc34)n2)cc1OC. The average molecular weight is 509 g/mol. The van der Waals surface area contributed by atoms with Crippen LogP contribution in [0.5, 0.6) is 17.2 Å². The lowest BCUT2D eigenvalue weighted by molar-refractivity contribution is 0.0916. The normalized spacial score (nSPS) is 11.7. The smallest absolute Gasteiger partial charge is 0.251 e. The van der Waals surface area contributed by atoms with Gasteiger partial charge >= 0.3 is 0 Å². The number of carbonyl (C=O) groups excluding carboxylic acids is 2. The number of fused-ring (bicyclic) bond motifs is 1. The van der Waals surface area contributed by atoms with Crippen LogP contribution in [0.3, 0.4) is 0 Å². The maximum Gasteiger partial charge on any atom is 0.251 e. The standard InChI is InChI=1S/C27H25FN2O5S/c1-15(29-27(32)16-8-10-22(33-2)24(13-16)35-4)12-21(31)20-9-11-23(34-3)25(30-20)18-14-36-26-17(18)6-5-7-19(26)28/h5-11,13-15H,12H2,1-4H3,(H,29,32). The van der Waals surface area contributed by atoms with Crippen molar-refractivity contribution in [1.29, 1.82) is 0 Å². The van der Waals surface area contributed by atoms with Crippen LogP contribution in [0.1, 0.15) is 34.2 Å². The molecule has 0 aliphatic heterocycles. The van der Waals surface area contributed by atoms with Gasteiger partial charge in [-0.2, -0.15) is 0 Å². The topological polar surface area (TPSA) is 86.8 Å². The first-order chi connectivity index (χ1) is 17.4. The predicted octanol–water partition coefficient (Wildman–Crippen LogP) is 5.52. The molecule has 0 saturated heterocycles. The third kappa shape index (κ3) is 5.01. The van der Waals surface area contributed by atoms with Crippen molar-refractivity contribution in [1.82, 2.24) is 10.3 Å². The molecule has 1 amide bonds. The van der Waals surface area contributed by atoms with Crippen molar-refractivity contribution < 1.29 is 28.2 Å². The van der Waals surface area contributed by atoms with Crippen molar-refractivity contribution in [2.75, 3.05) is 21.3 Å². The Bertz CT molecular complexity index is 1440. The molecule has 2 aromatic heterocycles. The molecule has 2 heterocycles. The molecule has 2 aromatic carbocycles. The summed E-state index contributed by atoms with van der Waals surface area (Å²) in [5.41, 5.74) is 1.76. The molecule has 0 fully saturated rings. The Kier molecular flexibility index (Phi) is 7.49. The average Bonchev–Trinajstić information content (AvgIpc) is 3.33. The molecule has 1 unspecified atom stereocenters. The second-order valence-electron chi connectivity index (χ2n) is 8.08. The lowest BCUT2D eigenvalue weighted by Gasteiger charge is -2.15. The monoisotopic (exact) mass is 508 g/mol. The number of aromatic nitrogens is 1. The van der Waals surface area contributed by atoms with Crippen molar-refractivity contribution in [3.05, 3.63) is 71.0 Å². The minimum absolute atomic E-state index is 0.0385. The zero-order valence-electron chi connectivity index (χ0n) is 20.3. The van der Waals surface area contributed by atoms with Gasteiger partial charge in [0, 0.05) is 34.4 Å². The van der Waals surface area contributed by atoms with E-state index in [4.69, 9.17) is 14.2 Å². The van der Waals surface area contributed by atoms with E-state index in [2.05, 4.69) is 10.3 Å². The Balaban J connectivity index is 1.53. The van der Waals surface area contributed by atoms with Gasteiger partial charge in [-0.25, -0.2) is 9.37 Å². The summed E-state index contributed by atoms with van der Waals surface area (Å²) in [6.45, 7) is 1.75. The maximum atomic E-state index is 14.2. The number of Topliss-reactive ketones (excluding diaryl/α,β-unsaturated/α-hetero) is 1. The summed E-state index contributed by atoms with van der Waals surface area (Å²) in [4.78, 5) is 30.3. The van der Waals surface area contributed by atoms with Gasteiger partial charge in [0.25, 0.3) is 5.91 Å². The number of hydrogen-bond donors (Lipinski definition) is 1. The van der Waals surface area contributed by atoms with Gasteiger partial charge in [-0.15, -0.1) is 11.3 Å². The van der Waals surface area contributed by atoms with Gasteiger partial charge in [-0.05, 0) is 43.3 Å². The van der Waals surface area contributed by atoms with Crippen LogP contribution in [0.25, 0.3) is 21.3 Å². The van der Waals surface area contributed by atoms with E-state index in [1.54, 1.807) is 48.7 Å². The first-order valence-electron chi connectivity index (χ1n) is 11.1. The summed E-state index contributed by atoms with van der Waals surface area (Å²) in [7, 11) is 4.53. The number of ketones is 1. The number of hydrogen-bond acceptors (Lipinski definition) is 7. The molecular weight excluding hydrogens is 483 g/mol. The van der Waals surface area contributed by atoms with Gasteiger partial charge in [0.1, 0.15) is 23.0 Å². The van der Waals surface area contributed by atoms with Gasteiger partial charge in [0.15, 0.2) is 17.3 Å². The van der Waals surface area contributed by atoms with Crippen LogP contribution < -0.4 is 19.5 Å². The maximum absolute atomic E-state index is 14.2. The summed E-state index contributed by atoms with van der Waals surface area (Å²) in [5.74, 6) is 0.528. The second-order valence-corrected chi connectivity index (χ2v) is 8.96. The molecule has 0 radical (unpaired) electrons. The number of pyridine rings is 1. The van der Waals surface area contributed by atoms with Gasteiger partial charge in [-0.3, -0.25) is 9.59 Å². The molecule has 4 aromatic rings. The zero-order valence-corrected chi connectivity index (χ0v) is 21.1. The highest BCUT2D eigenvalue weighted by Gasteiger charge is 2.20. The number of thiophene rings is 1. The van der Waals surface area contributed by atoms with Crippen LogP contribution >= 0.6 is 11.3 Å². The minimum atomic E-state index is -0.457. The summed E-state index contributed by atoms with van der Waals surface area (Å²) >= 11 is 1.27. The van der Waals surface area contributed by atoms with Gasteiger partial charge < -0.3 is 19.5 Å². The van der Waals surface area contributed by atoms with E-state index < -0.39 is 6.04 Å². The number of benzene rings is 2. The van der Waals surface area contributed by atoms with E-state index in [9.17, 15) is 14.0 Å². The molecule has 0 bridgehead atoms. The van der Waals surface area contributed by atoms with Crippen molar-refractivity contribution in [3.8, 4) is 28.5 Å². The van der Waals surface area contributed by atoms with Crippen LogP contribution in [0.15, 0.2) is 53.9 Å². The lowest BCUT2D eigenvalue weighted by Crippen LogP contribution is -2.34. The fraction of sp³-hybridized carbons (Fsp3) is 0.222. The summed E-state index contributed by atoms with van der Waals surface area (Å²) in [6, 6.07) is 12.5. The number of halogens is 1. The number of rotatable bonds is 9. The summed E-state index contributed by atoms with van der Waals surface area (Å²) in [6.07, 6.45) is 0.0385. The molecule has 0 spiro atoms. The number of amides is 1.